The molecule has 0 N–H and O–H groups in total. The van der Waals surface area contributed by atoms with Crippen LogP contribution in [-0.2, 0) is 0 Å². The number of hydrogen-bond acceptors (Lipinski definition) is 0. The lowest BCUT2D eigenvalue weighted by Crippen LogP contribution is -1.70. The molecule has 0 unspecified atom stereocenters. The molecular weight excluding hydrogens is 168 g/mol. The second kappa shape index (κ2) is 8.55. The molecule has 0 aliphatic heterocycles. The molecule has 0 atom stereocenters. The first kappa shape index (κ1) is 11.0. The Hall–Kier alpha value is -1.04. The van der Waals surface area contributed by atoms with Crippen molar-refractivity contribution in [2.45, 2.75) is 38.5 Å². The molecule has 1 rings (SSSR count). The van der Waals surface area contributed by atoms with Crippen molar-refractivity contribution >= 4 is 0 Å². The van der Waals surface area contributed by atoms with Crippen LogP contribution in [0.1, 0.15) is 38.5 Å². The van der Waals surface area contributed by atoms with Crippen LogP contribution in [0, 0.1) is 6.08 Å². The summed E-state index contributed by atoms with van der Waals surface area (Å²) in [7, 11) is 0. The Balaban J connectivity index is 2.34. The maximum Gasteiger partial charge on any atom is -0.0169 e. The van der Waals surface area contributed by atoms with Gasteiger partial charge in [0.15, 0.2) is 0 Å². The molecule has 1 aliphatic carbocycles. The van der Waals surface area contributed by atoms with Gasteiger partial charge in [-0.1, -0.05) is 42.5 Å². The van der Waals surface area contributed by atoms with E-state index in [1.165, 1.54) is 0 Å². The van der Waals surface area contributed by atoms with Crippen LogP contribution in [0.5, 0.6) is 0 Å². The molecule has 0 spiro atoms. The highest BCUT2D eigenvalue weighted by molar-refractivity contribution is 4.98. The van der Waals surface area contributed by atoms with Gasteiger partial charge in [-0.15, -0.1) is 0 Å². The first-order chi connectivity index (χ1) is 7.00. The highest BCUT2D eigenvalue weighted by Crippen LogP contribution is 2.00. The zero-order chi connectivity index (χ0) is 9.90. The van der Waals surface area contributed by atoms with Gasteiger partial charge in [-0.2, -0.15) is 0 Å². The van der Waals surface area contributed by atoms with E-state index in [4.69, 9.17) is 0 Å². The molecule has 0 aromatic rings. The number of hydrogen-bond donors (Lipinski definition) is 0. The molecule has 14 heavy (non-hydrogen) atoms. The van der Waals surface area contributed by atoms with E-state index in [-0.39, 0.29) is 0 Å². The Bertz CT molecular complexity index is 204. The molecule has 0 saturated carbocycles. The van der Waals surface area contributed by atoms with Gasteiger partial charge in [0.05, 0.1) is 0 Å². The maximum atomic E-state index is 3.31. The van der Waals surface area contributed by atoms with Crippen LogP contribution in [0.25, 0.3) is 0 Å². The third kappa shape index (κ3) is 6.47. The quantitative estimate of drug-likeness (QED) is 0.494. The van der Waals surface area contributed by atoms with Gasteiger partial charge in [0.2, 0.25) is 0 Å². The lowest BCUT2D eigenvalue weighted by Gasteiger charge is -1.90. The maximum absolute atomic E-state index is 3.31. The van der Waals surface area contributed by atoms with Gasteiger partial charge in [-0.05, 0) is 44.6 Å². The highest BCUT2D eigenvalue weighted by atomic mass is 13.9. The standard InChI is InChI=1S/C14H19/c1-2-4-6-8-10-12-14-13-11-9-7-5-3-1/h1-2,5-8,13H,3-4,9-12H2. The SMILES string of the molecule is [C]1=CCCC=CCC=CCC=CCC1. The van der Waals surface area contributed by atoms with Crippen LogP contribution in [0.4, 0.5) is 0 Å². The van der Waals surface area contributed by atoms with Crippen LogP contribution in [0.2, 0.25) is 0 Å². The van der Waals surface area contributed by atoms with Gasteiger partial charge in [0.25, 0.3) is 0 Å². The molecule has 0 aromatic heterocycles. The number of rotatable bonds is 0. The summed E-state index contributed by atoms with van der Waals surface area (Å²) in [6, 6.07) is 0. The van der Waals surface area contributed by atoms with Gasteiger partial charge < -0.3 is 0 Å². The fourth-order valence-electron chi connectivity index (χ4n) is 1.33. The number of allylic oxidation sites excluding steroid dienone is 8. The Labute approximate surface area is 87.7 Å². The van der Waals surface area contributed by atoms with Crippen molar-refractivity contribution < 1.29 is 0 Å². The van der Waals surface area contributed by atoms with Gasteiger partial charge in [-0.25, -0.2) is 0 Å². The van der Waals surface area contributed by atoms with Crippen molar-refractivity contribution in [3.8, 4) is 0 Å². The summed E-state index contributed by atoms with van der Waals surface area (Å²) in [5.74, 6) is 0. The molecule has 0 fully saturated rings. The van der Waals surface area contributed by atoms with Gasteiger partial charge in [0, 0.05) is 0 Å². The Morgan fingerprint density at radius 1 is 0.643 bits per heavy atom. The van der Waals surface area contributed by atoms with Crippen molar-refractivity contribution in [3.63, 3.8) is 0 Å². The van der Waals surface area contributed by atoms with E-state index in [0.29, 0.717) is 0 Å². The third-order valence-corrected chi connectivity index (χ3v) is 2.12. The molecule has 1 aliphatic rings. The predicted molar refractivity (Wildman–Crippen MR) is 62.9 cm³/mol. The predicted octanol–water partition coefficient (Wildman–Crippen LogP) is 4.37. The van der Waals surface area contributed by atoms with E-state index in [1.807, 2.05) is 0 Å². The fourth-order valence-corrected chi connectivity index (χ4v) is 1.33. The topological polar surface area (TPSA) is 0 Å². The Morgan fingerprint density at radius 3 is 2.07 bits per heavy atom. The van der Waals surface area contributed by atoms with Crippen LogP contribution >= 0.6 is 0 Å². The minimum absolute atomic E-state index is 1.06. The van der Waals surface area contributed by atoms with Gasteiger partial charge in [-0.3, -0.25) is 0 Å². The van der Waals surface area contributed by atoms with E-state index in [2.05, 4.69) is 48.6 Å². The van der Waals surface area contributed by atoms with E-state index < -0.39 is 0 Å². The van der Waals surface area contributed by atoms with Crippen molar-refractivity contribution in [2.24, 2.45) is 0 Å². The van der Waals surface area contributed by atoms with Crippen molar-refractivity contribution in [2.75, 3.05) is 0 Å². The molecule has 0 heteroatoms. The van der Waals surface area contributed by atoms with E-state index >= 15 is 0 Å². The lowest BCUT2D eigenvalue weighted by molar-refractivity contribution is 0.977. The Morgan fingerprint density at radius 2 is 1.29 bits per heavy atom. The molecule has 0 amide bonds. The second-order valence-electron chi connectivity index (χ2n) is 3.41. The smallest absolute Gasteiger partial charge is 0.0169 e. The molecule has 1 radical (unpaired) electrons. The zero-order valence-electron chi connectivity index (χ0n) is 8.78. The van der Waals surface area contributed by atoms with E-state index in [1.54, 1.807) is 0 Å². The summed E-state index contributed by atoms with van der Waals surface area (Å²) in [5, 5.41) is 0. The summed E-state index contributed by atoms with van der Waals surface area (Å²) in [5.41, 5.74) is 0. The molecule has 0 saturated heterocycles. The third-order valence-electron chi connectivity index (χ3n) is 2.12. The molecule has 0 heterocycles. The monoisotopic (exact) mass is 187 g/mol. The van der Waals surface area contributed by atoms with Gasteiger partial charge >= 0.3 is 0 Å². The summed E-state index contributed by atoms with van der Waals surface area (Å²) in [6.07, 6.45) is 25.5. The largest absolute Gasteiger partial charge is 0.0879 e. The molecule has 75 valence electrons. The normalized spacial score (nSPS) is 19.4. The second-order valence-corrected chi connectivity index (χ2v) is 3.41. The summed E-state index contributed by atoms with van der Waals surface area (Å²) in [6.45, 7) is 0. The first-order valence-electron chi connectivity index (χ1n) is 5.50. The summed E-state index contributed by atoms with van der Waals surface area (Å²) in [4.78, 5) is 0. The van der Waals surface area contributed by atoms with E-state index in [0.717, 1.165) is 38.5 Å². The summed E-state index contributed by atoms with van der Waals surface area (Å²) < 4.78 is 0. The summed E-state index contributed by atoms with van der Waals surface area (Å²) >= 11 is 0. The lowest BCUT2D eigenvalue weighted by atomic mass is 10.2. The van der Waals surface area contributed by atoms with Crippen LogP contribution in [0.15, 0.2) is 42.5 Å². The van der Waals surface area contributed by atoms with Crippen molar-refractivity contribution in [3.05, 3.63) is 48.6 Å². The van der Waals surface area contributed by atoms with E-state index in [9.17, 15) is 0 Å². The average molecular weight is 187 g/mol. The van der Waals surface area contributed by atoms with Crippen LogP contribution in [-0.4, -0.2) is 0 Å². The van der Waals surface area contributed by atoms with Crippen LogP contribution < -0.4 is 0 Å². The van der Waals surface area contributed by atoms with Crippen LogP contribution in [0.3, 0.4) is 0 Å². The highest BCUT2D eigenvalue weighted by Gasteiger charge is 1.81. The Kier molecular flexibility index (Phi) is 6.74. The minimum Gasteiger partial charge on any atom is -0.0879 e. The van der Waals surface area contributed by atoms with Gasteiger partial charge in [0.1, 0.15) is 0 Å². The van der Waals surface area contributed by atoms with Crippen molar-refractivity contribution in [1.29, 1.82) is 0 Å². The average Bonchev–Trinajstić information content (AvgIpc) is 2.22. The zero-order valence-corrected chi connectivity index (χ0v) is 8.78. The molecule has 0 aromatic carbocycles. The minimum atomic E-state index is 1.06. The molecule has 0 bridgehead atoms. The van der Waals surface area contributed by atoms with Crippen molar-refractivity contribution in [1.82, 2.24) is 0 Å². The molecular formula is C14H19. The first-order valence-corrected chi connectivity index (χ1v) is 5.50. The fraction of sp³-hybridized carbons (Fsp3) is 0.429. The molecule has 0 nitrogen and oxygen atoms in total.